The average Bonchev–Trinajstić information content (AvgIpc) is 2.60. The Balaban J connectivity index is 5.47. The predicted molar refractivity (Wildman–Crippen MR) is 102 cm³/mol. The second-order valence-corrected chi connectivity index (χ2v) is 7.22. The van der Waals surface area contributed by atoms with Gasteiger partial charge in [0.2, 0.25) is 17.7 Å². The number of carbonyl (C=O) groups is 5. The van der Waals surface area contributed by atoms with E-state index in [9.17, 15) is 34.2 Å². The highest BCUT2D eigenvalue weighted by Gasteiger charge is 2.34. The molecule has 0 saturated carbocycles. The zero-order chi connectivity index (χ0) is 23.8. The van der Waals surface area contributed by atoms with Crippen LogP contribution >= 0.6 is 0 Å². The molecule has 3 amide bonds. The van der Waals surface area contributed by atoms with E-state index in [4.69, 9.17) is 15.9 Å². The molecule has 0 spiro atoms. The van der Waals surface area contributed by atoms with E-state index in [2.05, 4.69) is 10.6 Å². The summed E-state index contributed by atoms with van der Waals surface area (Å²) in [6.07, 6.45) is -3.85. The fourth-order valence-electron chi connectivity index (χ4n) is 2.25. The van der Waals surface area contributed by atoms with Crippen molar-refractivity contribution >= 4 is 29.7 Å². The molecule has 13 heteroatoms. The molecule has 0 fully saturated rings. The van der Waals surface area contributed by atoms with Crippen LogP contribution in [0, 0.1) is 5.92 Å². The second-order valence-electron chi connectivity index (χ2n) is 7.22. The van der Waals surface area contributed by atoms with Gasteiger partial charge in [0.25, 0.3) is 0 Å². The highest BCUT2D eigenvalue weighted by molar-refractivity contribution is 5.95. The number of carboxylic acid groups (broad SMARTS) is 2. The molecule has 0 radical (unpaired) electrons. The maximum atomic E-state index is 12.5. The van der Waals surface area contributed by atoms with Crippen molar-refractivity contribution in [2.45, 2.75) is 70.5 Å². The fourth-order valence-corrected chi connectivity index (χ4v) is 2.25. The predicted octanol–water partition coefficient (Wildman–Crippen LogP) is -3.25. The lowest BCUT2D eigenvalue weighted by Crippen LogP contribution is -2.61. The third kappa shape index (κ3) is 8.71. The maximum absolute atomic E-state index is 12.5. The van der Waals surface area contributed by atoms with Gasteiger partial charge in [-0.2, -0.15) is 0 Å². The Morgan fingerprint density at radius 2 is 1.23 bits per heavy atom. The number of aliphatic hydroxyl groups excluding tert-OH is 2. The third-order valence-corrected chi connectivity index (χ3v) is 4.14. The molecule has 13 nitrogen and oxygen atoms in total. The number of hydrogen-bond donors (Lipinski definition) is 8. The molecule has 0 aliphatic carbocycles. The van der Waals surface area contributed by atoms with Crippen molar-refractivity contribution in [3.63, 3.8) is 0 Å². The van der Waals surface area contributed by atoms with Gasteiger partial charge in [-0.15, -0.1) is 0 Å². The Morgan fingerprint density at radius 3 is 1.60 bits per heavy atom. The molecule has 0 rings (SSSR count). The highest BCUT2D eigenvalue weighted by atomic mass is 16.4. The van der Waals surface area contributed by atoms with E-state index in [0.717, 1.165) is 6.92 Å². The van der Waals surface area contributed by atoms with E-state index in [1.807, 2.05) is 5.32 Å². The number of aliphatic carboxylic acids is 2. The van der Waals surface area contributed by atoms with Crippen LogP contribution in [0.25, 0.3) is 0 Å². The number of nitrogens with one attached hydrogen (secondary N) is 3. The number of carboxylic acids is 2. The van der Waals surface area contributed by atoms with Gasteiger partial charge in [0.15, 0.2) is 6.04 Å². The van der Waals surface area contributed by atoms with E-state index in [1.165, 1.54) is 6.92 Å². The lowest BCUT2D eigenvalue weighted by atomic mass is 10.0. The van der Waals surface area contributed by atoms with Crippen LogP contribution in [-0.4, -0.2) is 86.5 Å². The zero-order valence-corrected chi connectivity index (χ0v) is 17.2. The third-order valence-electron chi connectivity index (χ3n) is 4.14. The molecule has 0 aliphatic rings. The molecule has 0 aromatic heterocycles. The van der Waals surface area contributed by atoms with Crippen LogP contribution in [-0.2, 0) is 24.0 Å². The molecule has 0 aliphatic heterocycles. The standard InChI is InChI=1S/C17H30N4O9/c1-6(2)11(18)15(27)20-12(7(3)22)16(28)19-9(5-10(24)25)14(26)21-13(8(4)23)17(29)30/h6-9,11-13,22-23H,5,18H2,1-4H3,(H,19,28)(H,20,27)(H,21,26)(H,24,25)(H,29,30). The topological polar surface area (TPSA) is 228 Å². The van der Waals surface area contributed by atoms with Gasteiger partial charge in [-0.05, 0) is 19.8 Å². The fraction of sp³-hybridized carbons (Fsp3) is 0.706. The minimum atomic E-state index is -1.75. The van der Waals surface area contributed by atoms with Crippen LogP contribution in [0.3, 0.4) is 0 Å². The van der Waals surface area contributed by atoms with E-state index in [-0.39, 0.29) is 5.92 Å². The number of hydrogen-bond acceptors (Lipinski definition) is 8. The van der Waals surface area contributed by atoms with E-state index in [1.54, 1.807) is 13.8 Å². The lowest BCUT2D eigenvalue weighted by molar-refractivity contribution is -0.146. The number of rotatable bonds is 12. The SMILES string of the molecule is CC(C)C(N)C(=O)NC(C(=O)NC(CC(=O)O)C(=O)NC(C(=O)O)C(C)O)C(C)O. The minimum Gasteiger partial charge on any atom is -0.481 e. The van der Waals surface area contributed by atoms with E-state index in [0.29, 0.717) is 0 Å². The van der Waals surface area contributed by atoms with Crippen molar-refractivity contribution < 1.29 is 44.4 Å². The van der Waals surface area contributed by atoms with Gasteiger partial charge >= 0.3 is 11.9 Å². The summed E-state index contributed by atoms with van der Waals surface area (Å²) < 4.78 is 0. The molecule has 30 heavy (non-hydrogen) atoms. The number of carbonyl (C=O) groups excluding carboxylic acids is 3. The Bertz CT molecular complexity index is 651. The van der Waals surface area contributed by atoms with Crippen LogP contribution < -0.4 is 21.7 Å². The van der Waals surface area contributed by atoms with Crippen molar-refractivity contribution in [2.75, 3.05) is 0 Å². The Kier molecular flexibility index (Phi) is 10.9. The summed E-state index contributed by atoms with van der Waals surface area (Å²) in [5.41, 5.74) is 5.69. The number of aliphatic hydroxyl groups is 2. The maximum Gasteiger partial charge on any atom is 0.328 e. The summed E-state index contributed by atoms with van der Waals surface area (Å²) in [5.74, 6) is -6.35. The lowest BCUT2D eigenvalue weighted by Gasteiger charge is -2.26. The number of amides is 3. The first-order valence-electron chi connectivity index (χ1n) is 9.16. The van der Waals surface area contributed by atoms with Gasteiger partial charge in [-0.3, -0.25) is 19.2 Å². The van der Waals surface area contributed by atoms with Crippen LogP contribution in [0.15, 0.2) is 0 Å². The molecule has 9 N–H and O–H groups in total. The van der Waals surface area contributed by atoms with Crippen molar-refractivity contribution in [3.8, 4) is 0 Å². The van der Waals surface area contributed by atoms with Gasteiger partial charge < -0.3 is 42.1 Å². The largest absolute Gasteiger partial charge is 0.481 e. The van der Waals surface area contributed by atoms with Crippen LogP contribution in [0.2, 0.25) is 0 Å². The van der Waals surface area contributed by atoms with Crippen molar-refractivity contribution in [1.82, 2.24) is 16.0 Å². The molecule has 0 aromatic carbocycles. The van der Waals surface area contributed by atoms with Gasteiger partial charge in [-0.1, -0.05) is 13.8 Å². The normalized spacial score (nSPS) is 17.1. The van der Waals surface area contributed by atoms with Crippen LogP contribution in [0.4, 0.5) is 0 Å². The zero-order valence-electron chi connectivity index (χ0n) is 17.2. The van der Waals surface area contributed by atoms with Crippen molar-refractivity contribution in [2.24, 2.45) is 11.7 Å². The summed E-state index contributed by atoms with van der Waals surface area (Å²) in [6, 6.07) is -6.03. The van der Waals surface area contributed by atoms with Crippen molar-refractivity contribution in [3.05, 3.63) is 0 Å². The smallest absolute Gasteiger partial charge is 0.328 e. The Morgan fingerprint density at radius 1 is 0.767 bits per heavy atom. The van der Waals surface area contributed by atoms with Gasteiger partial charge in [0.05, 0.1) is 24.7 Å². The first-order chi connectivity index (χ1) is 13.7. The number of nitrogens with two attached hydrogens (primary N) is 1. The first-order valence-corrected chi connectivity index (χ1v) is 9.16. The molecule has 0 saturated heterocycles. The van der Waals surface area contributed by atoms with Gasteiger partial charge in [0, 0.05) is 0 Å². The molecule has 6 unspecified atom stereocenters. The molecule has 172 valence electrons. The molecular formula is C17H30N4O9. The summed E-state index contributed by atoms with van der Waals surface area (Å²) in [6.45, 7) is 5.61. The summed E-state index contributed by atoms with van der Waals surface area (Å²) in [4.78, 5) is 59.1. The van der Waals surface area contributed by atoms with E-state index < -0.39 is 72.5 Å². The molecule has 0 aromatic rings. The average molecular weight is 434 g/mol. The van der Waals surface area contributed by atoms with Crippen molar-refractivity contribution in [1.29, 1.82) is 0 Å². The molecule has 0 bridgehead atoms. The quantitative estimate of drug-likeness (QED) is 0.153. The van der Waals surface area contributed by atoms with Crippen LogP contribution in [0.1, 0.15) is 34.1 Å². The minimum absolute atomic E-state index is 0.276. The summed E-state index contributed by atoms with van der Waals surface area (Å²) in [7, 11) is 0. The summed E-state index contributed by atoms with van der Waals surface area (Å²) >= 11 is 0. The van der Waals surface area contributed by atoms with Gasteiger partial charge in [0.1, 0.15) is 12.1 Å². The molecular weight excluding hydrogens is 404 g/mol. The second kappa shape index (κ2) is 12.0. The monoisotopic (exact) mass is 434 g/mol. The van der Waals surface area contributed by atoms with E-state index >= 15 is 0 Å². The first kappa shape index (κ1) is 27.2. The summed E-state index contributed by atoms with van der Waals surface area (Å²) in [5, 5.41) is 43.5. The Hall–Kier alpha value is -2.77. The molecule has 6 atom stereocenters. The van der Waals surface area contributed by atoms with Crippen LogP contribution in [0.5, 0.6) is 0 Å². The van der Waals surface area contributed by atoms with Gasteiger partial charge in [-0.25, -0.2) is 4.79 Å². The molecule has 0 heterocycles. The highest BCUT2D eigenvalue weighted by Crippen LogP contribution is 2.03. The Labute approximate surface area is 173 Å².